The van der Waals surface area contributed by atoms with Crippen molar-refractivity contribution in [1.82, 2.24) is 10.2 Å². The zero-order chi connectivity index (χ0) is 14.2. The van der Waals surface area contributed by atoms with Gasteiger partial charge in [-0.1, -0.05) is 6.07 Å². The Kier molecular flexibility index (Phi) is 3.19. The number of aromatic nitrogens is 2. The van der Waals surface area contributed by atoms with Crippen molar-refractivity contribution < 1.29 is 12.8 Å². The smallest absolute Gasteiger partial charge is 0.268 e. The average Bonchev–Trinajstić information content (AvgIpc) is 2.60. The van der Waals surface area contributed by atoms with Crippen LogP contribution >= 0.6 is 0 Å². The number of nitrogens with zero attached hydrogens (tertiary/aromatic N) is 1. The summed E-state index contributed by atoms with van der Waals surface area (Å²) in [5.74, 6) is -0.780. The second-order valence-electron chi connectivity index (χ2n) is 4.09. The van der Waals surface area contributed by atoms with Gasteiger partial charge in [0.05, 0.1) is 5.69 Å². The molecule has 0 aliphatic heterocycles. The third-order valence-corrected chi connectivity index (χ3v) is 4.18. The predicted molar refractivity (Wildman–Crippen MR) is 69.7 cm³/mol. The maximum Gasteiger partial charge on any atom is 0.268 e. The molecule has 19 heavy (non-hydrogen) atoms. The highest BCUT2D eigenvalue weighted by Crippen LogP contribution is 2.25. The van der Waals surface area contributed by atoms with Crippen molar-refractivity contribution >= 4 is 21.5 Å². The molecular weight excluding hydrogens is 271 g/mol. The number of H-pyrrole nitrogens is 1. The lowest BCUT2D eigenvalue weighted by Crippen LogP contribution is -2.17. The summed E-state index contributed by atoms with van der Waals surface area (Å²) in [5.41, 5.74) is 6.72. The summed E-state index contributed by atoms with van der Waals surface area (Å²) in [6.07, 6.45) is 0. The number of sulfonamides is 1. The number of nitrogens with one attached hydrogen (secondary N) is 2. The van der Waals surface area contributed by atoms with E-state index in [4.69, 9.17) is 5.73 Å². The van der Waals surface area contributed by atoms with Crippen LogP contribution in [-0.2, 0) is 10.0 Å². The van der Waals surface area contributed by atoms with Gasteiger partial charge in [-0.2, -0.15) is 5.10 Å². The first-order valence-corrected chi connectivity index (χ1v) is 6.89. The molecule has 0 saturated heterocycles. The number of aromatic amines is 1. The Bertz CT molecular complexity index is 704. The summed E-state index contributed by atoms with van der Waals surface area (Å²) >= 11 is 0. The van der Waals surface area contributed by atoms with Gasteiger partial charge in [0, 0.05) is 11.3 Å². The third kappa shape index (κ3) is 2.39. The van der Waals surface area contributed by atoms with Gasteiger partial charge in [0.1, 0.15) is 10.7 Å². The maximum atomic E-state index is 13.6. The number of aryl methyl sites for hydroxylation is 1. The lowest BCUT2D eigenvalue weighted by Gasteiger charge is -2.09. The van der Waals surface area contributed by atoms with Crippen molar-refractivity contribution in [2.45, 2.75) is 18.7 Å². The Morgan fingerprint density at radius 3 is 2.58 bits per heavy atom. The van der Waals surface area contributed by atoms with E-state index in [0.29, 0.717) is 5.56 Å². The topological polar surface area (TPSA) is 101 Å². The number of nitrogens with two attached hydrogens (primary N) is 1. The number of halogens is 1. The lowest BCUT2D eigenvalue weighted by atomic mass is 10.3. The van der Waals surface area contributed by atoms with Crippen LogP contribution in [0.3, 0.4) is 0 Å². The van der Waals surface area contributed by atoms with E-state index in [2.05, 4.69) is 14.9 Å². The molecule has 0 fully saturated rings. The van der Waals surface area contributed by atoms with Crippen LogP contribution in [0.4, 0.5) is 15.9 Å². The van der Waals surface area contributed by atoms with Crippen LogP contribution in [0.25, 0.3) is 0 Å². The molecule has 2 rings (SSSR count). The fourth-order valence-electron chi connectivity index (χ4n) is 1.57. The van der Waals surface area contributed by atoms with E-state index in [0.717, 1.165) is 11.8 Å². The molecule has 0 unspecified atom stereocenters. The van der Waals surface area contributed by atoms with Gasteiger partial charge in [-0.05, 0) is 26.0 Å². The molecule has 0 radical (unpaired) electrons. The Labute approximate surface area is 109 Å². The predicted octanol–water partition coefficient (Wildman–Crippen LogP) is 1.55. The zero-order valence-electron chi connectivity index (χ0n) is 10.4. The molecule has 0 saturated carbocycles. The molecule has 0 spiro atoms. The molecule has 0 atom stereocenters. The van der Waals surface area contributed by atoms with Crippen LogP contribution in [0, 0.1) is 19.7 Å². The first kappa shape index (κ1) is 13.3. The Balaban J connectivity index is 2.47. The Morgan fingerprint density at radius 1 is 1.37 bits per heavy atom. The standard InChI is InChI=1S/C11H13FN4O2S/c1-6-7(2)14-15-11(6)16-19(17,18)10-8(12)4-3-5-9(10)13/h3-5H,13H2,1-2H3,(H2,14,15,16). The van der Waals surface area contributed by atoms with E-state index in [-0.39, 0.29) is 11.5 Å². The minimum Gasteiger partial charge on any atom is -0.398 e. The molecule has 4 N–H and O–H groups in total. The van der Waals surface area contributed by atoms with Crippen LogP contribution in [0.15, 0.2) is 23.1 Å². The van der Waals surface area contributed by atoms with Gasteiger partial charge < -0.3 is 5.73 Å². The molecule has 1 aromatic carbocycles. The zero-order valence-corrected chi connectivity index (χ0v) is 11.2. The molecular formula is C11H13FN4O2S. The number of anilines is 2. The third-order valence-electron chi connectivity index (χ3n) is 2.75. The van der Waals surface area contributed by atoms with Crippen LogP contribution in [-0.4, -0.2) is 18.6 Å². The van der Waals surface area contributed by atoms with E-state index in [1.165, 1.54) is 12.1 Å². The molecule has 102 valence electrons. The van der Waals surface area contributed by atoms with E-state index < -0.39 is 20.7 Å². The van der Waals surface area contributed by atoms with Crippen molar-refractivity contribution in [3.63, 3.8) is 0 Å². The number of hydrogen-bond acceptors (Lipinski definition) is 4. The molecule has 0 bridgehead atoms. The van der Waals surface area contributed by atoms with Crippen LogP contribution in [0.5, 0.6) is 0 Å². The molecule has 8 heteroatoms. The second-order valence-corrected chi connectivity index (χ2v) is 5.71. The highest BCUT2D eigenvalue weighted by atomic mass is 32.2. The van der Waals surface area contributed by atoms with E-state index in [1.54, 1.807) is 13.8 Å². The first-order valence-electron chi connectivity index (χ1n) is 5.41. The number of benzene rings is 1. The van der Waals surface area contributed by atoms with Crippen molar-refractivity contribution in [2.24, 2.45) is 0 Å². The van der Waals surface area contributed by atoms with Crippen LogP contribution < -0.4 is 10.5 Å². The SMILES string of the molecule is Cc1[nH]nc(NS(=O)(=O)c2c(N)cccc2F)c1C. The monoisotopic (exact) mass is 284 g/mol. The summed E-state index contributed by atoms with van der Waals surface area (Å²) in [5, 5.41) is 6.45. The molecule has 2 aromatic rings. The molecule has 6 nitrogen and oxygen atoms in total. The fraction of sp³-hybridized carbons (Fsp3) is 0.182. The quantitative estimate of drug-likeness (QED) is 0.744. The minimum atomic E-state index is -4.12. The summed E-state index contributed by atoms with van der Waals surface area (Å²) in [6, 6.07) is 3.70. The second kappa shape index (κ2) is 4.54. The largest absolute Gasteiger partial charge is 0.398 e. The van der Waals surface area contributed by atoms with Crippen molar-refractivity contribution in [3.05, 3.63) is 35.3 Å². The van der Waals surface area contributed by atoms with Crippen molar-refractivity contribution in [1.29, 1.82) is 0 Å². The molecule has 1 heterocycles. The van der Waals surface area contributed by atoms with Crippen LogP contribution in [0.2, 0.25) is 0 Å². The number of hydrogen-bond donors (Lipinski definition) is 3. The summed E-state index contributed by atoms with van der Waals surface area (Å²) in [7, 11) is -4.12. The van der Waals surface area contributed by atoms with Crippen molar-refractivity contribution in [3.8, 4) is 0 Å². The highest BCUT2D eigenvalue weighted by molar-refractivity contribution is 7.92. The van der Waals surface area contributed by atoms with E-state index in [1.807, 2.05) is 0 Å². The van der Waals surface area contributed by atoms with Gasteiger partial charge in [0.15, 0.2) is 5.82 Å². The Morgan fingerprint density at radius 2 is 2.05 bits per heavy atom. The molecule has 0 aliphatic carbocycles. The van der Waals surface area contributed by atoms with Crippen LogP contribution in [0.1, 0.15) is 11.3 Å². The number of rotatable bonds is 3. The van der Waals surface area contributed by atoms with Gasteiger partial charge in [-0.25, -0.2) is 12.8 Å². The molecule has 0 aliphatic rings. The molecule has 0 amide bonds. The number of nitrogen functional groups attached to an aromatic ring is 1. The highest BCUT2D eigenvalue weighted by Gasteiger charge is 2.24. The summed E-state index contributed by atoms with van der Waals surface area (Å²) in [6.45, 7) is 3.44. The minimum absolute atomic E-state index is 0.125. The van der Waals surface area contributed by atoms with E-state index >= 15 is 0 Å². The normalized spacial score (nSPS) is 11.5. The van der Waals surface area contributed by atoms with Gasteiger partial charge in [-0.15, -0.1) is 0 Å². The first-order chi connectivity index (χ1) is 8.83. The van der Waals surface area contributed by atoms with Gasteiger partial charge in [0.25, 0.3) is 10.0 Å². The Hall–Kier alpha value is -2.09. The van der Waals surface area contributed by atoms with Gasteiger partial charge >= 0.3 is 0 Å². The summed E-state index contributed by atoms with van der Waals surface area (Å²) < 4.78 is 40.1. The van der Waals surface area contributed by atoms with Gasteiger partial charge in [0.2, 0.25) is 0 Å². The maximum absolute atomic E-state index is 13.6. The average molecular weight is 284 g/mol. The van der Waals surface area contributed by atoms with Crippen molar-refractivity contribution in [2.75, 3.05) is 10.5 Å². The lowest BCUT2D eigenvalue weighted by molar-refractivity contribution is 0.571. The van der Waals surface area contributed by atoms with E-state index in [9.17, 15) is 12.8 Å². The van der Waals surface area contributed by atoms with Gasteiger partial charge in [-0.3, -0.25) is 9.82 Å². The summed E-state index contributed by atoms with van der Waals surface area (Å²) in [4.78, 5) is -0.574. The fourth-order valence-corrected chi connectivity index (χ4v) is 2.83. The molecule has 1 aromatic heterocycles.